The lowest BCUT2D eigenvalue weighted by Crippen LogP contribution is -2.59. The van der Waals surface area contributed by atoms with Gasteiger partial charge in [0.1, 0.15) is 12.1 Å². The molecular weight excluding hydrogens is 306 g/mol. The van der Waals surface area contributed by atoms with Crippen LogP contribution in [0.15, 0.2) is 24.3 Å². The molecule has 0 radical (unpaired) electrons. The summed E-state index contributed by atoms with van der Waals surface area (Å²) in [5.74, 6) is 0.00469. The third-order valence-electron chi connectivity index (χ3n) is 4.82. The summed E-state index contributed by atoms with van der Waals surface area (Å²) in [6.45, 7) is 3.99. The number of amides is 2. The molecule has 0 aromatic heterocycles. The molecule has 0 atom stereocenters. The van der Waals surface area contributed by atoms with Gasteiger partial charge < -0.3 is 20.3 Å². The van der Waals surface area contributed by atoms with E-state index in [0.29, 0.717) is 32.5 Å². The van der Waals surface area contributed by atoms with Crippen molar-refractivity contribution in [2.75, 3.05) is 36.9 Å². The van der Waals surface area contributed by atoms with E-state index in [-0.39, 0.29) is 18.4 Å². The summed E-state index contributed by atoms with van der Waals surface area (Å²) < 4.78 is 5.41. The van der Waals surface area contributed by atoms with Gasteiger partial charge in [-0.25, -0.2) is 0 Å². The van der Waals surface area contributed by atoms with Crippen LogP contribution in [0.1, 0.15) is 32.6 Å². The molecule has 1 aromatic rings. The van der Waals surface area contributed by atoms with E-state index in [9.17, 15) is 9.59 Å². The van der Waals surface area contributed by atoms with Crippen molar-refractivity contribution in [3.05, 3.63) is 24.3 Å². The number of hydrogen-bond donors (Lipinski definition) is 2. The molecule has 6 nitrogen and oxygen atoms in total. The maximum atomic E-state index is 12.6. The summed E-state index contributed by atoms with van der Waals surface area (Å²) in [7, 11) is 0. The molecule has 1 spiro atoms. The Bertz CT molecular complexity index is 609. The molecule has 2 aliphatic heterocycles. The lowest BCUT2D eigenvalue weighted by Gasteiger charge is -2.44. The SMILES string of the molecule is CCCCOCC(=O)N1CCC2(CC1)Nc1ccccc1NC2=O. The smallest absolute Gasteiger partial charge is 0.250 e. The number of fused-ring (bicyclic) bond motifs is 1. The molecular formula is C18H25N3O3. The van der Waals surface area contributed by atoms with Gasteiger partial charge in [-0.1, -0.05) is 25.5 Å². The molecule has 0 bridgehead atoms. The number of nitrogens with one attached hydrogen (secondary N) is 2. The van der Waals surface area contributed by atoms with Crippen molar-refractivity contribution < 1.29 is 14.3 Å². The molecule has 3 rings (SSSR count). The fraction of sp³-hybridized carbons (Fsp3) is 0.556. The number of carbonyl (C=O) groups is 2. The van der Waals surface area contributed by atoms with Gasteiger partial charge in [0.2, 0.25) is 11.8 Å². The van der Waals surface area contributed by atoms with Crippen LogP contribution < -0.4 is 10.6 Å². The van der Waals surface area contributed by atoms with Crippen LogP contribution in [0.25, 0.3) is 0 Å². The second kappa shape index (κ2) is 7.21. The van der Waals surface area contributed by atoms with Gasteiger partial charge in [0.15, 0.2) is 0 Å². The third-order valence-corrected chi connectivity index (χ3v) is 4.82. The first-order valence-electron chi connectivity index (χ1n) is 8.69. The zero-order valence-electron chi connectivity index (χ0n) is 14.1. The van der Waals surface area contributed by atoms with E-state index in [2.05, 4.69) is 17.6 Å². The fourth-order valence-corrected chi connectivity index (χ4v) is 3.24. The Hall–Kier alpha value is -2.08. The van der Waals surface area contributed by atoms with E-state index >= 15 is 0 Å². The molecule has 1 saturated heterocycles. The van der Waals surface area contributed by atoms with Crippen LogP contribution in [0.3, 0.4) is 0 Å². The number of nitrogens with zero attached hydrogens (tertiary/aromatic N) is 1. The van der Waals surface area contributed by atoms with Crippen LogP contribution in [-0.4, -0.2) is 48.6 Å². The number of benzene rings is 1. The minimum Gasteiger partial charge on any atom is -0.372 e. The van der Waals surface area contributed by atoms with E-state index in [4.69, 9.17) is 4.74 Å². The highest BCUT2D eigenvalue weighted by molar-refractivity contribution is 6.06. The van der Waals surface area contributed by atoms with Crippen LogP contribution in [0.2, 0.25) is 0 Å². The standard InChI is InChI=1S/C18H25N3O3/c1-2-3-12-24-13-16(22)21-10-8-18(9-11-21)17(23)19-14-6-4-5-7-15(14)20-18/h4-7,20H,2-3,8-13H2,1H3,(H,19,23). The van der Waals surface area contributed by atoms with Gasteiger partial charge in [0, 0.05) is 19.7 Å². The van der Waals surface area contributed by atoms with Crippen molar-refractivity contribution in [3.63, 3.8) is 0 Å². The minimum atomic E-state index is -0.617. The Morgan fingerprint density at radius 1 is 1.25 bits per heavy atom. The van der Waals surface area contributed by atoms with Gasteiger partial charge in [-0.2, -0.15) is 0 Å². The summed E-state index contributed by atoms with van der Waals surface area (Å²) in [4.78, 5) is 26.5. The van der Waals surface area contributed by atoms with Crippen molar-refractivity contribution in [1.29, 1.82) is 0 Å². The summed E-state index contributed by atoms with van der Waals surface area (Å²) in [5, 5.41) is 6.38. The monoisotopic (exact) mass is 331 g/mol. The number of anilines is 2. The van der Waals surface area contributed by atoms with Crippen molar-refractivity contribution in [2.45, 2.75) is 38.1 Å². The Kier molecular flexibility index (Phi) is 5.04. The predicted octanol–water partition coefficient (Wildman–Crippen LogP) is 2.23. The van der Waals surface area contributed by atoms with Crippen LogP contribution in [0.4, 0.5) is 11.4 Å². The molecule has 2 aliphatic rings. The average Bonchev–Trinajstić information content (AvgIpc) is 2.60. The molecule has 24 heavy (non-hydrogen) atoms. The second-order valence-corrected chi connectivity index (χ2v) is 6.49. The number of hydrogen-bond acceptors (Lipinski definition) is 4. The lowest BCUT2D eigenvalue weighted by atomic mass is 9.84. The highest BCUT2D eigenvalue weighted by atomic mass is 16.5. The number of carbonyl (C=O) groups excluding carboxylic acids is 2. The first-order valence-corrected chi connectivity index (χ1v) is 8.69. The van der Waals surface area contributed by atoms with Crippen LogP contribution in [0, 0.1) is 0 Å². The van der Waals surface area contributed by atoms with Gasteiger partial charge in [-0.15, -0.1) is 0 Å². The molecule has 2 amide bonds. The maximum absolute atomic E-state index is 12.6. The quantitative estimate of drug-likeness (QED) is 0.812. The molecule has 130 valence electrons. The normalized spacial score (nSPS) is 18.7. The second-order valence-electron chi connectivity index (χ2n) is 6.49. The van der Waals surface area contributed by atoms with Crippen molar-refractivity contribution >= 4 is 23.2 Å². The largest absolute Gasteiger partial charge is 0.372 e. The molecule has 2 heterocycles. The van der Waals surface area contributed by atoms with Gasteiger partial charge >= 0.3 is 0 Å². The van der Waals surface area contributed by atoms with Gasteiger partial charge in [-0.05, 0) is 31.4 Å². The summed E-state index contributed by atoms with van der Waals surface area (Å²) >= 11 is 0. The summed E-state index contributed by atoms with van der Waals surface area (Å²) in [5.41, 5.74) is 1.14. The molecule has 2 N–H and O–H groups in total. The Morgan fingerprint density at radius 2 is 1.96 bits per heavy atom. The Balaban J connectivity index is 1.56. The van der Waals surface area contributed by atoms with Crippen LogP contribution in [0.5, 0.6) is 0 Å². The van der Waals surface area contributed by atoms with E-state index in [1.165, 1.54) is 0 Å². The predicted molar refractivity (Wildman–Crippen MR) is 93.0 cm³/mol. The van der Waals surface area contributed by atoms with Crippen molar-refractivity contribution in [2.24, 2.45) is 0 Å². The fourth-order valence-electron chi connectivity index (χ4n) is 3.24. The molecule has 1 fully saturated rings. The number of unbranched alkanes of at least 4 members (excludes halogenated alkanes) is 1. The Labute approximate surface area is 142 Å². The lowest BCUT2D eigenvalue weighted by molar-refractivity contribution is -0.139. The highest BCUT2D eigenvalue weighted by Crippen LogP contribution is 2.36. The Morgan fingerprint density at radius 3 is 2.67 bits per heavy atom. The van der Waals surface area contributed by atoms with Gasteiger partial charge in [0.25, 0.3) is 0 Å². The van der Waals surface area contributed by atoms with Crippen LogP contribution >= 0.6 is 0 Å². The number of piperidine rings is 1. The summed E-state index contributed by atoms with van der Waals surface area (Å²) in [6.07, 6.45) is 3.24. The first-order chi connectivity index (χ1) is 11.6. The van der Waals surface area contributed by atoms with E-state index in [1.807, 2.05) is 24.3 Å². The van der Waals surface area contributed by atoms with E-state index in [0.717, 1.165) is 24.2 Å². The molecule has 0 unspecified atom stereocenters. The number of likely N-dealkylation sites (tertiary alicyclic amines) is 1. The topological polar surface area (TPSA) is 70.7 Å². The molecule has 0 saturated carbocycles. The first kappa shape index (κ1) is 16.8. The zero-order valence-corrected chi connectivity index (χ0v) is 14.1. The van der Waals surface area contributed by atoms with Crippen molar-refractivity contribution in [1.82, 2.24) is 4.90 Å². The van der Waals surface area contributed by atoms with E-state index < -0.39 is 5.54 Å². The van der Waals surface area contributed by atoms with Gasteiger partial charge in [-0.3, -0.25) is 9.59 Å². The summed E-state index contributed by atoms with van der Waals surface area (Å²) in [6, 6.07) is 7.71. The number of para-hydroxylation sites is 2. The van der Waals surface area contributed by atoms with Gasteiger partial charge in [0.05, 0.1) is 11.4 Å². The zero-order chi connectivity index (χ0) is 17.0. The minimum absolute atomic E-state index is 0.00695. The molecule has 6 heteroatoms. The maximum Gasteiger partial charge on any atom is 0.250 e. The highest BCUT2D eigenvalue weighted by Gasteiger charge is 2.44. The molecule has 0 aliphatic carbocycles. The number of ether oxygens (including phenoxy) is 1. The van der Waals surface area contributed by atoms with E-state index in [1.54, 1.807) is 4.90 Å². The van der Waals surface area contributed by atoms with Crippen molar-refractivity contribution in [3.8, 4) is 0 Å². The molecule has 1 aromatic carbocycles. The van der Waals surface area contributed by atoms with Crippen LogP contribution in [-0.2, 0) is 14.3 Å². The third kappa shape index (κ3) is 3.38. The number of rotatable bonds is 5. The average molecular weight is 331 g/mol.